The summed E-state index contributed by atoms with van der Waals surface area (Å²) in [6.45, 7) is 4.27. The first kappa shape index (κ1) is 23.1. The van der Waals surface area contributed by atoms with Crippen LogP contribution in [0.5, 0.6) is 5.75 Å². The van der Waals surface area contributed by atoms with Crippen molar-refractivity contribution in [3.8, 4) is 11.4 Å². The Kier molecular flexibility index (Phi) is 6.26. The number of aromatic nitrogens is 2. The third-order valence-corrected chi connectivity index (χ3v) is 7.68. The number of hydrogen-bond donors (Lipinski definition) is 0. The Balaban J connectivity index is 1.46. The van der Waals surface area contributed by atoms with Gasteiger partial charge in [-0.15, -0.1) is 11.8 Å². The lowest BCUT2D eigenvalue weighted by molar-refractivity contribution is -0.117. The monoisotopic (exact) mass is 485 g/mol. The number of benzene rings is 3. The minimum Gasteiger partial charge on any atom is -0.489 e. The molecule has 1 fully saturated rings. The van der Waals surface area contributed by atoms with Gasteiger partial charge < -0.3 is 4.74 Å². The van der Waals surface area contributed by atoms with Gasteiger partial charge in [0.1, 0.15) is 23.4 Å². The van der Waals surface area contributed by atoms with Gasteiger partial charge in [0.05, 0.1) is 16.6 Å². The van der Waals surface area contributed by atoms with Gasteiger partial charge in [-0.2, -0.15) is 0 Å². The molecule has 178 valence electrons. The van der Waals surface area contributed by atoms with Crippen LogP contribution in [0.3, 0.4) is 0 Å². The molecule has 0 bridgehead atoms. The summed E-state index contributed by atoms with van der Waals surface area (Å²) in [5, 5.41) is -0.545. The minimum absolute atomic E-state index is 0.0598. The van der Waals surface area contributed by atoms with Gasteiger partial charge in [0.2, 0.25) is 5.91 Å². The summed E-state index contributed by atoms with van der Waals surface area (Å²) < 4.78 is 9.35. The topological polar surface area (TPSA) is 56.5 Å². The third kappa shape index (κ3) is 4.28. The van der Waals surface area contributed by atoms with Gasteiger partial charge in [0, 0.05) is 7.05 Å². The molecular weight excluding hydrogens is 458 g/mol. The Morgan fingerprint density at radius 3 is 2.17 bits per heavy atom. The number of amides is 1. The maximum atomic E-state index is 13.6. The van der Waals surface area contributed by atoms with Crippen LogP contribution < -0.4 is 15.2 Å². The molecule has 7 heteroatoms. The number of carbonyl (C=O) groups excluding carboxylic acids is 1. The average molecular weight is 486 g/mol. The zero-order valence-electron chi connectivity index (χ0n) is 19.9. The highest BCUT2D eigenvalue weighted by Gasteiger charge is 2.42. The van der Waals surface area contributed by atoms with Gasteiger partial charge in [-0.1, -0.05) is 60.7 Å². The van der Waals surface area contributed by atoms with Crippen molar-refractivity contribution < 1.29 is 9.53 Å². The zero-order valence-corrected chi connectivity index (χ0v) is 20.7. The second-order valence-corrected chi connectivity index (χ2v) is 10.0. The van der Waals surface area contributed by atoms with Gasteiger partial charge in [0.25, 0.3) is 5.56 Å². The molecular formula is C28H27N3O3S. The molecule has 0 saturated carbocycles. The van der Waals surface area contributed by atoms with E-state index in [4.69, 9.17) is 4.74 Å². The van der Waals surface area contributed by atoms with Gasteiger partial charge >= 0.3 is 0 Å². The molecule has 6 nitrogen and oxygen atoms in total. The Hall–Kier alpha value is -3.71. The molecule has 1 saturated heterocycles. The van der Waals surface area contributed by atoms with Crippen LogP contribution in [0.1, 0.15) is 29.1 Å². The van der Waals surface area contributed by atoms with Crippen LogP contribution >= 0.6 is 11.8 Å². The molecule has 35 heavy (non-hydrogen) atoms. The number of hydrogen-bond acceptors (Lipinski definition) is 4. The number of para-hydroxylation sites is 1. The van der Waals surface area contributed by atoms with Crippen molar-refractivity contribution in [3.05, 3.63) is 112 Å². The molecule has 0 aliphatic carbocycles. The summed E-state index contributed by atoms with van der Waals surface area (Å²) in [7, 11) is 1.85. The highest BCUT2D eigenvalue weighted by molar-refractivity contribution is 8.01. The summed E-state index contributed by atoms with van der Waals surface area (Å²) in [5.74, 6) is 0.698. The van der Waals surface area contributed by atoms with Crippen molar-refractivity contribution in [2.24, 2.45) is 7.05 Å². The Bertz CT molecular complexity index is 1400. The first-order valence-electron chi connectivity index (χ1n) is 11.5. The maximum absolute atomic E-state index is 13.6. The molecule has 2 atom stereocenters. The summed E-state index contributed by atoms with van der Waals surface area (Å²) in [6, 6.07) is 27.3. The first-order valence-corrected chi connectivity index (χ1v) is 12.5. The highest BCUT2D eigenvalue weighted by Crippen LogP contribution is 2.45. The standard InChI is InChI=1S/C28H27N3O3S/c1-19-25(27(33)31(29(19)3)23-12-8-5-9-13-23)30-26(32)20(2)35-28(30)22-14-16-24(17-15-22)34-18-21-10-6-4-7-11-21/h4-17,20,28H,18H2,1-3H3/t20-,28-/m0/s1. The van der Waals surface area contributed by atoms with Gasteiger partial charge in [-0.05, 0) is 49.2 Å². The van der Waals surface area contributed by atoms with Crippen molar-refractivity contribution >= 4 is 23.4 Å². The Morgan fingerprint density at radius 2 is 1.51 bits per heavy atom. The zero-order chi connectivity index (χ0) is 24.5. The number of anilines is 1. The maximum Gasteiger partial charge on any atom is 0.295 e. The smallest absolute Gasteiger partial charge is 0.295 e. The van der Waals surface area contributed by atoms with Crippen LogP contribution in [0.2, 0.25) is 0 Å². The molecule has 1 aliphatic rings. The van der Waals surface area contributed by atoms with Crippen LogP contribution in [0.25, 0.3) is 5.69 Å². The molecule has 5 rings (SSSR count). The van der Waals surface area contributed by atoms with E-state index in [2.05, 4.69) is 0 Å². The lowest BCUT2D eigenvalue weighted by atomic mass is 10.1. The van der Waals surface area contributed by atoms with Crippen LogP contribution in [0.15, 0.2) is 89.7 Å². The molecule has 2 heterocycles. The van der Waals surface area contributed by atoms with E-state index in [0.717, 1.165) is 28.3 Å². The van der Waals surface area contributed by atoms with Gasteiger partial charge in [0.15, 0.2) is 0 Å². The van der Waals surface area contributed by atoms with E-state index in [1.54, 1.807) is 21.3 Å². The molecule has 0 N–H and O–H groups in total. The molecule has 1 aliphatic heterocycles. The highest BCUT2D eigenvalue weighted by atomic mass is 32.2. The molecule has 1 aromatic heterocycles. The van der Waals surface area contributed by atoms with Gasteiger partial charge in [-0.3, -0.25) is 19.2 Å². The molecule has 0 spiro atoms. The summed E-state index contributed by atoms with van der Waals surface area (Å²) in [6.07, 6.45) is 0. The van der Waals surface area contributed by atoms with Crippen molar-refractivity contribution in [3.63, 3.8) is 0 Å². The van der Waals surface area contributed by atoms with E-state index >= 15 is 0 Å². The molecule has 1 amide bonds. The summed E-state index contributed by atoms with van der Waals surface area (Å²) in [4.78, 5) is 28.6. The second kappa shape index (κ2) is 9.50. The predicted octanol–water partition coefficient (Wildman–Crippen LogP) is 5.23. The van der Waals surface area contributed by atoms with E-state index in [1.165, 1.54) is 0 Å². The number of ether oxygens (including phenoxy) is 1. The molecule has 4 aromatic rings. The van der Waals surface area contributed by atoms with E-state index < -0.39 is 0 Å². The third-order valence-electron chi connectivity index (χ3n) is 6.33. The fourth-order valence-electron chi connectivity index (χ4n) is 4.38. The summed E-state index contributed by atoms with van der Waals surface area (Å²) >= 11 is 1.55. The largest absolute Gasteiger partial charge is 0.489 e. The molecule has 0 unspecified atom stereocenters. The number of thioether (sulfide) groups is 1. The fourth-order valence-corrected chi connectivity index (χ4v) is 5.64. The number of carbonyl (C=O) groups is 1. The summed E-state index contributed by atoms with van der Waals surface area (Å²) in [5.41, 5.74) is 3.78. The second-order valence-electron chi connectivity index (χ2n) is 8.59. The van der Waals surface area contributed by atoms with E-state index in [1.807, 2.05) is 111 Å². The van der Waals surface area contributed by atoms with Crippen LogP contribution in [0, 0.1) is 6.92 Å². The van der Waals surface area contributed by atoms with Gasteiger partial charge in [-0.25, -0.2) is 4.68 Å². The molecule has 3 aromatic carbocycles. The van der Waals surface area contributed by atoms with Crippen LogP contribution in [-0.2, 0) is 18.4 Å². The van der Waals surface area contributed by atoms with Crippen molar-refractivity contribution in [2.75, 3.05) is 4.90 Å². The average Bonchev–Trinajstić information content (AvgIpc) is 3.29. The van der Waals surface area contributed by atoms with E-state index in [9.17, 15) is 9.59 Å². The lowest BCUT2D eigenvalue weighted by Crippen LogP contribution is -2.34. The SMILES string of the molecule is Cc1c(N2C(=O)[C@H](C)S[C@H]2c2ccc(OCc3ccccc3)cc2)c(=O)n(-c2ccccc2)n1C. The van der Waals surface area contributed by atoms with Crippen molar-refractivity contribution in [2.45, 2.75) is 31.1 Å². The predicted molar refractivity (Wildman–Crippen MR) is 140 cm³/mol. The first-order chi connectivity index (χ1) is 17.0. The van der Waals surface area contributed by atoms with Crippen LogP contribution in [-0.4, -0.2) is 20.5 Å². The molecule has 0 radical (unpaired) electrons. The minimum atomic E-state index is -0.293. The fraction of sp³-hybridized carbons (Fsp3) is 0.214. The van der Waals surface area contributed by atoms with Crippen LogP contribution in [0.4, 0.5) is 5.69 Å². The lowest BCUT2D eigenvalue weighted by Gasteiger charge is -2.23. The van der Waals surface area contributed by atoms with E-state index in [-0.39, 0.29) is 22.1 Å². The Morgan fingerprint density at radius 1 is 0.886 bits per heavy atom. The van der Waals surface area contributed by atoms with Crippen molar-refractivity contribution in [1.29, 1.82) is 0 Å². The number of rotatable bonds is 6. The number of nitrogens with zero attached hydrogens (tertiary/aromatic N) is 3. The normalized spacial score (nSPS) is 17.7. The Labute approximate surface area is 208 Å². The van der Waals surface area contributed by atoms with E-state index in [0.29, 0.717) is 12.3 Å². The quantitative estimate of drug-likeness (QED) is 0.375. The van der Waals surface area contributed by atoms with Crippen molar-refractivity contribution in [1.82, 2.24) is 9.36 Å².